The van der Waals surface area contributed by atoms with Gasteiger partial charge in [0.25, 0.3) is 0 Å². The van der Waals surface area contributed by atoms with Gasteiger partial charge in [-0.25, -0.2) is 0 Å². The minimum atomic E-state index is 0. The Balaban J connectivity index is 0.00000169. The molecule has 3 aliphatic heterocycles. The monoisotopic (exact) mass is 352 g/mol. The molecule has 0 spiro atoms. The molecule has 5 nitrogen and oxygen atoms in total. The Labute approximate surface area is 149 Å². The Kier molecular flexibility index (Phi) is 4.92. The van der Waals surface area contributed by atoms with Crippen molar-refractivity contribution in [2.24, 2.45) is 11.8 Å². The molecular weight excluding hydrogens is 328 g/mol. The van der Waals surface area contributed by atoms with E-state index in [1.54, 1.807) is 14.2 Å². The number of carbonyl (C=O) groups is 1. The van der Waals surface area contributed by atoms with Gasteiger partial charge >= 0.3 is 0 Å². The Morgan fingerprint density at radius 3 is 2.42 bits per heavy atom. The number of nitrogens with one attached hydrogen (secondary N) is 1. The van der Waals surface area contributed by atoms with E-state index >= 15 is 0 Å². The van der Waals surface area contributed by atoms with E-state index in [4.69, 9.17) is 9.47 Å². The molecule has 0 aliphatic carbocycles. The van der Waals surface area contributed by atoms with Crippen LogP contribution in [0.25, 0.3) is 0 Å². The molecule has 3 saturated heterocycles. The Morgan fingerprint density at radius 2 is 1.83 bits per heavy atom. The van der Waals surface area contributed by atoms with Crippen LogP contribution in [0.15, 0.2) is 18.2 Å². The molecule has 4 rings (SSSR count). The molecule has 0 saturated carbocycles. The first-order valence-electron chi connectivity index (χ1n) is 8.45. The summed E-state index contributed by atoms with van der Waals surface area (Å²) in [5, 5.41) is 3.49. The van der Waals surface area contributed by atoms with Crippen LogP contribution in [0.3, 0.4) is 0 Å². The van der Waals surface area contributed by atoms with Gasteiger partial charge in [-0.1, -0.05) is 6.07 Å². The molecule has 1 aromatic carbocycles. The van der Waals surface area contributed by atoms with Crippen molar-refractivity contribution in [3.8, 4) is 11.5 Å². The molecular formula is C18H25ClN2O3. The largest absolute Gasteiger partial charge is 0.497 e. The van der Waals surface area contributed by atoms with Crippen molar-refractivity contribution in [1.82, 2.24) is 10.2 Å². The first kappa shape index (κ1) is 17.4. The van der Waals surface area contributed by atoms with E-state index in [0.717, 1.165) is 30.2 Å². The highest BCUT2D eigenvalue weighted by Crippen LogP contribution is 2.47. The number of nitrogens with zero attached hydrogens (tertiary/aromatic N) is 1. The maximum absolute atomic E-state index is 12.9. The van der Waals surface area contributed by atoms with Gasteiger partial charge in [0.1, 0.15) is 11.5 Å². The van der Waals surface area contributed by atoms with Gasteiger partial charge in [0.2, 0.25) is 5.91 Å². The second-order valence-electron chi connectivity index (χ2n) is 6.85. The third kappa shape index (κ3) is 2.64. The lowest BCUT2D eigenvalue weighted by Gasteiger charge is -2.25. The van der Waals surface area contributed by atoms with Crippen LogP contribution in [-0.4, -0.2) is 50.2 Å². The Morgan fingerprint density at radius 1 is 1.17 bits per heavy atom. The molecule has 3 fully saturated rings. The highest BCUT2D eigenvalue weighted by atomic mass is 35.5. The third-order valence-electron chi connectivity index (χ3n) is 5.90. The topological polar surface area (TPSA) is 50.8 Å². The fourth-order valence-corrected chi connectivity index (χ4v) is 4.89. The zero-order chi connectivity index (χ0) is 16.0. The standard InChI is InChI=1S/C18H24N2O3.ClH/c1-22-12-4-3-11(17(8-12)23-2)7-18(21)20-15-5-6-16(20)14-10-19-9-13(14)15;/h3-4,8,13-16,19H,5-7,9-10H2,1-2H3;1H/t13-,14+,15-,16+;. The lowest BCUT2D eigenvalue weighted by molar-refractivity contribution is -0.132. The zero-order valence-electron chi connectivity index (χ0n) is 14.2. The molecule has 6 heteroatoms. The summed E-state index contributed by atoms with van der Waals surface area (Å²) >= 11 is 0. The fourth-order valence-electron chi connectivity index (χ4n) is 4.89. The lowest BCUT2D eigenvalue weighted by Crippen LogP contribution is -2.40. The maximum Gasteiger partial charge on any atom is 0.227 e. The molecule has 132 valence electrons. The van der Waals surface area contributed by atoms with Gasteiger partial charge in [-0.3, -0.25) is 4.79 Å². The molecule has 0 radical (unpaired) electrons. The fraction of sp³-hybridized carbons (Fsp3) is 0.611. The number of hydrogen-bond donors (Lipinski definition) is 1. The maximum atomic E-state index is 12.9. The van der Waals surface area contributed by atoms with Crippen LogP contribution < -0.4 is 14.8 Å². The first-order chi connectivity index (χ1) is 11.2. The van der Waals surface area contributed by atoms with Gasteiger partial charge in [-0.05, 0) is 30.7 Å². The number of methoxy groups -OCH3 is 2. The van der Waals surface area contributed by atoms with Crippen molar-refractivity contribution in [2.45, 2.75) is 31.3 Å². The van der Waals surface area contributed by atoms with Crippen LogP contribution in [0.4, 0.5) is 0 Å². The number of amides is 1. The first-order valence-corrected chi connectivity index (χ1v) is 8.45. The normalized spacial score (nSPS) is 30.0. The van der Waals surface area contributed by atoms with Crippen LogP contribution in [0, 0.1) is 11.8 Å². The number of ether oxygens (including phenoxy) is 2. The van der Waals surface area contributed by atoms with Crippen molar-refractivity contribution < 1.29 is 14.3 Å². The predicted molar refractivity (Wildman–Crippen MR) is 94.0 cm³/mol. The molecule has 3 heterocycles. The Bertz CT molecular complexity index is 606. The van der Waals surface area contributed by atoms with Crippen LogP contribution in [0.5, 0.6) is 11.5 Å². The van der Waals surface area contributed by atoms with E-state index in [-0.39, 0.29) is 18.3 Å². The second-order valence-corrected chi connectivity index (χ2v) is 6.85. The van der Waals surface area contributed by atoms with Gasteiger partial charge in [-0.15, -0.1) is 12.4 Å². The van der Waals surface area contributed by atoms with E-state index in [1.165, 1.54) is 12.8 Å². The summed E-state index contributed by atoms with van der Waals surface area (Å²) < 4.78 is 10.7. The molecule has 1 N–H and O–H groups in total. The Hall–Kier alpha value is -1.46. The van der Waals surface area contributed by atoms with E-state index < -0.39 is 0 Å². The zero-order valence-corrected chi connectivity index (χ0v) is 15.0. The van der Waals surface area contributed by atoms with E-state index in [1.807, 2.05) is 18.2 Å². The van der Waals surface area contributed by atoms with Gasteiger partial charge in [0.15, 0.2) is 0 Å². The second kappa shape index (κ2) is 6.81. The van der Waals surface area contributed by atoms with E-state index in [9.17, 15) is 4.79 Å². The van der Waals surface area contributed by atoms with Crippen molar-refractivity contribution in [1.29, 1.82) is 0 Å². The number of halogens is 1. The predicted octanol–water partition coefficient (Wildman–Crippen LogP) is 1.88. The minimum absolute atomic E-state index is 0. The summed E-state index contributed by atoms with van der Waals surface area (Å²) in [6.45, 7) is 2.14. The molecule has 3 aliphatic rings. The van der Waals surface area contributed by atoms with E-state index in [0.29, 0.717) is 30.3 Å². The molecule has 24 heavy (non-hydrogen) atoms. The molecule has 1 aromatic rings. The van der Waals surface area contributed by atoms with Gasteiger partial charge in [0, 0.05) is 36.8 Å². The third-order valence-corrected chi connectivity index (χ3v) is 5.90. The molecule has 1 amide bonds. The number of carbonyl (C=O) groups excluding carboxylic acids is 1. The minimum Gasteiger partial charge on any atom is -0.497 e. The molecule has 0 aromatic heterocycles. The average Bonchev–Trinajstić information content (AvgIpc) is 3.26. The number of hydrogen-bond acceptors (Lipinski definition) is 4. The highest BCUT2D eigenvalue weighted by molar-refractivity contribution is 5.85. The van der Waals surface area contributed by atoms with Gasteiger partial charge < -0.3 is 19.7 Å². The quantitative estimate of drug-likeness (QED) is 0.899. The lowest BCUT2D eigenvalue weighted by atomic mass is 9.82. The number of fused-ring (bicyclic) bond motifs is 5. The highest BCUT2D eigenvalue weighted by Gasteiger charge is 2.55. The SMILES string of the molecule is COc1ccc(CC(=O)N2[C@@H]3CC[C@H]2[C@H]2CNC[C@H]23)c(OC)c1.Cl. The van der Waals surface area contributed by atoms with Crippen LogP contribution >= 0.6 is 12.4 Å². The van der Waals surface area contributed by atoms with Crippen LogP contribution in [0.1, 0.15) is 18.4 Å². The van der Waals surface area contributed by atoms with E-state index in [2.05, 4.69) is 10.2 Å². The van der Waals surface area contributed by atoms with Gasteiger partial charge in [-0.2, -0.15) is 0 Å². The summed E-state index contributed by atoms with van der Waals surface area (Å²) in [5.74, 6) is 3.05. The molecule has 2 bridgehead atoms. The average molecular weight is 353 g/mol. The van der Waals surface area contributed by atoms with Crippen LogP contribution in [-0.2, 0) is 11.2 Å². The molecule has 4 atom stereocenters. The van der Waals surface area contributed by atoms with Crippen LogP contribution in [0.2, 0.25) is 0 Å². The van der Waals surface area contributed by atoms with Crippen molar-refractivity contribution in [2.75, 3.05) is 27.3 Å². The van der Waals surface area contributed by atoms with Crippen molar-refractivity contribution in [3.05, 3.63) is 23.8 Å². The van der Waals surface area contributed by atoms with Crippen molar-refractivity contribution >= 4 is 18.3 Å². The summed E-state index contributed by atoms with van der Waals surface area (Å²) in [7, 11) is 3.27. The molecule has 0 unspecified atom stereocenters. The van der Waals surface area contributed by atoms with Gasteiger partial charge in [0.05, 0.1) is 20.6 Å². The summed E-state index contributed by atoms with van der Waals surface area (Å²) in [6, 6.07) is 6.56. The number of rotatable bonds is 4. The van der Waals surface area contributed by atoms with Crippen molar-refractivity contribution in [3.63, 3.8) is 0 Å². The smallest absolute Gasteiger partial charge is 0.227 e. The summed E-state index contributed by atoms with van der Waals surface area (Å²) in [4.78, 5) is 15.1. The number of benzene rings is 1. The summed E-state index contributed by atoms with van der Waals surface area (Å²) in [5.41, 5.74) is 0.938. The summed E-state index contributed by atoms with van der Waals surface area (Å²) in [6.07, 6.45) is 2.74.